The van der Waals surface area contributed by atoms with Gasteiger partial charge in [-0.1, -0.05) is 128 Å². The van der Waals surface area contributed by atoms with Crippen molar-refractivity contribution in [3.8, 4) is 0 Å². The fourth-order valence-corrected chi connectivity index (χ4v) is 14.1. The zero-order chi connectivity index (χ0) is 24.6. The summed E-state index contributed by atoms with van der Waals surface area (Å²) >= 11 is 15.4. The molecule has 0 nitrogen and oxygen atoms in total. The van der Waals surface area contributed by atoms with Crippen LogP contribution in [0, 0.1) is 0 Å². The maximum atomic E-state index is 7.72. The maximum Gasteiger partial charge on any atom is 0.187 e. The summed E-state index contributed by atoms with van der Waals surface area (Å²) in [5.41, 5.74) is 0. The molecule has 0 aliphatic carbocycles. The summed E-state index contributed by atoms with van der Waals surface area (Å²) < 4.78 is 0. The first-order valence-corrected chi connectivity index (χ1v) is 20.6. The molecule has 186 valence electrons. The molecule has 0 saturated heterocycles. The minimum atomic E-state index is -2.16. The first-order chi connectivity index (χ1) is 16.5. The van der Waals surface area contributed by atoms with Gasteiger partial charge in [-0.05, 0) is 56.1 Å². The lowest BCUT2D eigenvalue weighted by atomic mass is 10.0. The topological polar surface area (TPSA) is 0 Å². The summed E-state index contributed by atoms with van der Waals surface area (Å²) in [4.78, 5) is 0. The quantitative estimate of drug-likeness (QED) is 0.0840. The van der Waals surface area contributed by atoms with Crippen LogP contribution in [0.15, 0.2) is 48.5 Å². The molecule has 2 unspecified atom stereocenters. The molecular formula is C30H44Cl2Si2. The molecule has 2 atom stereocenters. The molecule has 0 saturated carbocycles. The zero-order valence-electron chi connectivity index (χ0n) is 21.9. The van der Waals surface area contributed by atoms with E-state index in [4.69, 9.17) is 22.2 Å². The highest BCUT2D eigenvalue weighted by Gasteiger charge is 2.39. The van der Waals surface area contributed by atoms with Crippen LogP contribution >= 0.6 is 22.2 Å². The van der Waals surface area contributed by atoms with Gasteiger partial charge in [0.05, 0.1) is 0 Å². The second-order valence-electron chi connectivity index (χ2n) is 10.1. The maximum absolute atomic E-state index is 7.72. The van der Waals surface area contributed by atoms with Gasteiger partial charge in [-0.25, -0.2) is 0 Å². The summed E-state index contributed by atoms with van der Waals surface area (Å²) in [5, 5.41) is 8.48. The fourth-order valence-electron chi connectivity index (χ4n) is 5.71. The monoisotopic (exact) mass is 530 g/mol. The van der Waals surface area contributed by atoms with Gasteiger partial charge in [-0.15, -0.1) is 0 Å². The molecule has 0 spiro atoms. The Morgan fingerprint density at radius 1 is 0.500 bits per heavy atom. The zero-order valence-corrected chi connectivity index (χ0v) is 25.4. The molecule has 3 rings (SSSR count). The molecule has 0 N–H and O–H groups in total. The number of hydrogen-bond acceptors (Lipinski definition) is 0. The summed E-state index contributed by atoms with van der Waals surface area (Å²) in [7, 11) is -4.32. The third-order valence-corrected chi connectivity index (χ3v) is 19.1. The van der Waals surface area contributed by atoms with Crippen molar-refractivity contribution in [2.24, 2.45) is 0 Å². The third kappa shape index (κ3) is 5.94. The van der Waals surface area contributed by atoms with Crippen molar-refractivity contribution in [3.05, 3.63) is 48.5 Å². The molecule has 3 aromatic carbocycles. The van der Waals surface area contributed by atoms with E-state index in [1.54, 1.807) is 0 Å². The average molecular weight is 532 g/mol. The van der Waals surface area contributed by atoms with Crippen LogP contribution in [0.25, 0.3) is 21.5 Å². The number of halogens is 2. The van der Waals surface area contributed by atoms with E-state index in [0.29, 0.717) is 0 Å². The molecule has 0 bridgehead atoms. The molecule has 0 fully saturated rings. The highest BCUT2D eigenvalue weighted by molar-refractivity contribution is 7.30. The van der Waals surface area contributed by atoms with Crippen LogP contribution in [0.1, 0.15) is 79.1 Å². The number of hydrogen-bond donors (Lipinski definition) is 0. The second-order valence-corrected chi connectivity index (χ2v) is 21.7. The number of fused-ring (bicyclic) bond motifs is 2. The minimum absolute atomic E-state index is 1.07. The van der Waals surface area contributed by atoms with Crippen molar-refractivity contribution in [1.29, 1.82) is 0 Å². The van der Waals surface area contributed by atoms with Crippen molar-refractivity contribution >= 4 is 68.8 Å². The molecule has 0 heterocycles. The summed E-state index contributed by atoms with van der Waals surface area (Å²) in [6.45, 7) is 9.19. The van der Waals surface area contributed by atoms with Crippen LogP contribution in [0.2, 0.25) is 24.2 Å². The highest BCUT2D eigenvalue weighted by atomic mass is 35.6. The normalized spacial score (nSPS) is 15.5. The van der Waals surface area contributed by atoms with Gasteiger partial charge in [0.15, 0.2) is 14.8 Å². The van der Waals surface area contributed by atoms with Crippen molar-refractivity contribution in [2.75, 3.05) is 0 Å². The Morgan fingerprint density at radius 3 is 1.09 bits per heavy atom. The van der Waals surface area contributed by atoms with Gasteiger partial charge in [0.2, 0.25) is 0 Å². The molecule has 0 radical (unpaired) electrons. The molecule has 0 aliphatic rings. The molecule has 4 heteroatoms. The lowest BCUT2D eigenvalue weighted by molar-refractivity contribution is 0.698. The van der Waals surface area contributed by atoms with Gasteiger partial charge in [0, 0.05) is 0 Å². The van der Waals surface area contributed by atoms with Crippen molar-refractivity contribution in [1.82, 2.24) is 0 Å². The van der Waals surface area contributed by atoms with E-state index in [1.165, 1.54) is 83.3 Å². The van der Waals surface area contributed by atoms with Gasteiger partial charge in [0.25, 0.3) is 0 Å². The predicted octanol–water partition coefficient (Wildman–Crippen LogP) is 9.98. The molecule has 34 heavy (non-hydrogen) atoms. The second kappa shape index (κ2) is 12.9. The molecule has 0 amide bonds. The SMILES string of the molecule is CCCCCC[Si](Cl)(CC)c1c2ccccc2c([Si](Cl)(CC)CCCCCC)c2ccccc12. The lowest BCUT2D eigenvalue weighted by Gasteiger charge is -2.32. The Kier molecular flexibility index (Phi) is 10.6. The number of benzene rings is 3. The van der Waals surface area contributed by atoms with Crippen LogP contribution in [-0.4, -0.2) is 14.8 Å². The van der Waals surface area contributed by atoms with E-state index < -0.39 is 14.8 Å². The Bertz CT molecular complexity index is 925. The van der Waals surface area contributed by atoms with E-state index in [9.17, 15) is 0 Å². The Labute approximate surface area is 219 Å². The van der Waals surface area contributed by atoms with Gasteiger partial charge in [0.1, 0.15) is 0 Å². The number of rotatable bonds is 14. The Morgan fingerprint density at radius 2 is 0.824 bits per heavy atom. The van der Waals surface area contributed by atoms with Crippen LogP contribution in [0.5, 0.6) is 0 Å². The fraction of sp³-hybridized carbons (Fsp3) is 0.533. The van der Waals surface area contributed by atoms with Gasteiger partial charge >= 0.3 is 0 Å². The van der Waals surface area contributed by atoms with E-state index in [1.807, 2.05) is 0 Å². The standard InChI is InChI=1S/C30H44Cl2Si2/c1-5-9-11-17-23-33(31,7-3)29-25-19-13-15-21-27(25)30(28-22-16-14-20-26(28)29)34(32,8-4)24-18-12-10-6-2/h13-16,19-22H,5-12,17-18,23-24H2,1-4H3. The summed E-state index contributed by atoms with van der Waals surface area (Å²) in [6.07, 6.45) is 10.2. The molecule has 3 aromatic rings. The number of unbranched alkanes of at least 4 members (excludes halogenated alkanes) is 6. The smallest absolute Gasteiger partial charge is 0.161 e. The molecule has 0 aliphatic heterocycles. The van der Waals surface area contributed by atoms with E-state index in [0.717, 1.165) is 24.2 Å². The van der Waals surface area contributed by atoms with E-state index in [-0.39, 0.29) is 0 Å². The van der Waals surface area contributed by atoms with Gasteiger partial charge < -0.3 is 0 Å². The van der Waals surface area contributed by atoms with Gasteiger partial charge in [-0.3, -0.25) is 0 Å². The first kappa shape index (κ1) is 27.8. The summed E-state index contributed by atoms with van der Waals surface area (Å²) in [5.74, 6) is 0. The van der Waals surface area contributed by atoms with E-state index in [2.05, 4.69) is 76.2 Å². The van der Waals surface area contributed by atoms with E-state index >= 15 is 0 Å². The van der Waals surface area contributed by atoms with Crippen molar-refractivity contribution < 1.29 is 0 Å². The third-order valence-electron chi connectivity index (χ3n) is 7.80. The van der Waals surface area contributed by atoms with Crippen LogP contribution in [-0.2, 0) is 0 Å². The van der Waals surface area contributed by atoms with Crippen LogP contribution in [0.3, 0.4) is 0 Å². The highest BCUT2D eigenvalue weighted by Crippen LogP contribution is 2.35. The van der Waals surface area contributed by atoms with Crippen molar-refractivity contribution in [2.45, 2.75) is 103 Å². The largest absolute Gasteiger partial charge is 0.187 e. The Hall–Kier alpha value is -0.806. The lowest BCUT2D eigenvalue weighted by Crippen LogP contribution is -2.47. The first-order valence-electron chi connectivity index (χ1n) is 13.8. The summed E-state index contributed by atoms with van der Waals surface area (Å²) in [6, 6.07) is 22.6. The minimum Gasteiger partial charge on any atom is -0.161 e. The Balaban J connectivity index is 2.24. The van der Waals surface area contributed by atoms with Crippen molar-refractivity contribution in [3.63, 3.8) is 0 Å². The predicted molar refractivity (Wildman–Crippen MR) is 163 cm³/mol. The molecular weight excluding hydrogens is 487 g/mol. The average Bonchev–Trinajstić information content (AvgIpc) is 2.87. The van der Waals surface area contributed by atoms with Crippen LogP contribution in [0.4, 0.5) is 0 Å². The molecule has 0 aromatic heterocycles. The van der Waals surface area contributed by atoms with Crippen LogP contribution < -0.4 is 10.4 Å². The van der Waals surface area contributed by atoms with Gasteiger partial charge in [-0.2, -0.15) is 22.2 Å².